The van der Waals surface area contributed by atoms with Crippen molar-refractivity contribution < 1.29 is 0 Å². The zero-order chi connectivity index (χ0) is 46.0. The molecule has 5 heterocycles. The molecule has 1 spiro atoms. The second-order valence-corrected chi connectivity index (χ2v) is 20.9. The predicted octanol–water partition coefficient (Wildman–Crippen LogP) is 15.0. The standard InChI is InChI=1S/C63H43BN4S/c1-36(2)39-26-30-57-45(34-39)61-62(69-57)64-50-31-37(3)25-28-53(50)67(56-33-38(4)32-55(59(56)64)66(61)41-15-7-6-8-16-41)54-24-14-21-47-58(54)44-18-9-11-20-46(44)63(47)48-22-13-19-43-42-17-10-12-23-51(42)68(60(43)48)52-29-27-40(65-5)35-49(52)63/h6-36H,1-4H3. The van der Waals surface area contributed by atoms with Crippen molar-refractivity contribution >= 4 is 105 Å². The van der Waals surface area contributed by atoms with Crippen molar-refractivity contribution in [3.63, 3.8) is 0 Å². The van der Waals surface area contributed by atoms with Gasteiger partial charge in [0.05, 0.1) is 34.4 Å². The van der Waals surface area contributed by atoms with Crippen LogP contribution in [0.1, 0.15) is 58.7 Å². The third-order valence-electron chi connectivity index (χ3n) is 15.8. The van der Waals surface area contributed by atoms with Crippen molar-refractivity contribution in [2.24, 2.45) is 0 Å². The van der Waals surface area contributed by atoms with Crippen LogP contribution >= 0.6 is 11.3 Å². The molecule has 4 aliphatic rings. The highest BCUT2D eigenvalue weighted by molar-refractivity contribution is 7.33. The van der Waals surface area contributed by atoms with Gasteiger partial charge in [0, 0.05) is 59.6 Å². The predicted molar refractivity (Wildman–Crippen MR) is 291 cm³/mol. The van der Waals surface area contributed by atoms with E-state index in [1.54, 1.807) is 0 Å². The first kappa shape index (κ1) is 38.9. The van der Waals surface area contributed by atoms with Gasteiger partial charge in [-0.3, -0.25) is 0 Å². The maximum absolute atomic E-state index is 8.34. The third-order valence-corrected chi connectivity index (χ3v) is 17.0. The Labute approximate surface area is 405 Å². The van der Waals surface area contributed by atoms with Gasteiger partial charge in [-0.25, -0.2) is 4.85 Å². The lowest BCUT2D eigenvalue weighted by atomic mass is 9.36. The van der Waals surface area contributed by atoms with E-state index >= 15 is 0 Å². The van der Waals surface area contributed by atoms with Gasteiger partial charge < -0.3 is 14.4 Å². The fourth-order valence-electron chi connectivity index (χ4n) is 13.1. The van der Waals surface area contributed by atoms with Crippen LogP contribution in [0.25, 0.3) is 53.6 Å². The van der Waals surface area contributed by atoms with Gasteiger partial charge in [0.1, 0.15) is 0 Å². The molecule has 1 atom stereocenters. The molecular weight excluding hydrogens is 856 g/mol. The number of nitrogens with zero attached hydrogens (tertiary/aromatic N) is 4. The molecule has 2 aromatic heterocycles. The topological polar surface area (TPSA) is 15.8 Å². The SMILES string of the molecule is [C-]#[N+]c1ccc2c(c1)C1(c3ccccc3-c3c(N4c5ccc(C)cc5B5c6sc7ccc(C(C)C)cc7c6N(c6ccccc6)c6cc(C)cc4c65)cccc31)c1cccc3c4ccccc4n-2c13. The van der Waals surface area contributed by atoms with Crippen LogP contribution in [0, 0.1) is 20.4 Å². The van der Waals surface area contributed by atoms with Crippen LogP contribution in [0.5, 0.6) is 0 Å². The number of aryl methyl sites for hydroxylation is 2. The fraction of sp³-hybridized carbons (Fsp3) is 0.0952. The molecule has 69 heavy (non-hydrogen) atoms. The molecule has 3 aliphatic heterocycles. The highest BCUT2D eigenvalue weighted by atomic mass is 32.1. The highest BCUT2D eigenvalue weighted by Crippen LogP contribution is 2.64. The Morgan fingerprint density at radius 2 is 1.30 bits per heavy atom. The molecule has 0 radical (unpaired) electrons. The molecule has 9 aromatic carbocycles. The van der Waals surface area contributed by atoms with Crippen molar-refractivity contribution in [3.8, 4) is 16.8 Å². The Balaban J connectivity index is 1.06. The van der Waals surface area contributed by atoms with Gasteiger partial charge in [-0.2, -0.15) is 0 Å². The molecular formula is C63H43BN4S. The molecule has 324 valence electrons. The number of fused-ring (bicyclic) bond motifs is 18. The third kappa shape index (κ3) is 4.88. The van der Waals surface area contributed by atoms with Gasteiger partial charge in [0.15, 0.2) is 5.69 Å². The lowest BCUT2D eigenvalue weighted by molar-refractivity contribution is 0.749. The summed E-state index contributed by atoms with van der Waals surface area (Å²) in [6.07, 6.45) is 0. The Kier molecular flexibility index (Phi) is 7.76. The number of hydrogen-bond donors (Lipinski definition) is 0. The van der Waals surface area contributed by atoms with E-state index in [0.29, 0.717) is 11.6 Å². The maximum atomic E-state index is 8.34. The van der Waals surface area contributed by atoms with E-state index in [0.717, 1.165) is 16.9 Å². The van der Waals surface area contributed by atoms with E-state index in [2.05, 4.69) is 223 Å². The molecule has 0 bridgehead atoms. The second kappa shape index (κ2) is 13.8. The number of hydrogen-bond acceptors (Lipinski definition) is 3. The minimum Gasteiger partial charge on any atom is -0.311 e. The second-order valence-electron chi connectivity index (χ2n) is 19.8. The van der Waals surface area contributed by atoms with Gasteiger partial charge in [0.2, 0.25) is 0 Å². The Hall–Kier alpha value is -8.11. The summed E-state index contributed by atoms with van der Waals surface area (Å²) in [5.74, 6) is 0.415. The Bertz CT molecular complexity index is 4130. The largest absolute Gasteiger partial charge is 0.311 e. The van der Waals surface area contributed by atoms with E-state index in [9.17, 15) is 0 Å². The lowest BCUT2D eigenvalue weighted by Gasteiger charge is -2.44. The van der Waals surface area contributed by atoms with Crippen LogP contribution < -0.4 is 25.5 Å². The van der Waals surface area contributed by atoms with Crippen LogP contribution in [0.4, 0.5) is 39.8 Å². The molecule has 1 aliphatic carbocycles. The number of aromatic nitrogens is 1. The minimum atomic E-state index is -0.701. The summed E-state index contributed by atoms with van der Waals surface area (Å²) in [6, 6.07) is 68.4. The summed E-state index contributed by atoms with van der Waals surface area (Å²) in [5, 5.41) is 3.80. The van der Waals surface area contributed by atoms with Crippen LogP contribution in [-0.4, -0.2) is 11.3 Å². The molecule has 11 aromatic rings. The van der Waals surface area contributed by atoms with Crippen molar-refractivity contribution in [1.29, 1.82) is 0 Å². The molecule has 0 amide bonds. The summed E-state index contributed by atoms with van der Waals surface area (Å²) in [4.78, 5) is 9.27. The number of rotatable bonds is 3. The van der Waals surface area contributed by atoms with Crippen molar-refractivity contribution in [1.82, 2.24) is 4.57 Å². The Morgan fingerprint density at radius 1 is 0.565 bits per heavy atom. The summed E-state index contributed by atoms with van der Waals surface area (Å²) in [7, 11) is 0. The summed E-state index contributed by atoms with van der Waals surface area (Å²) in [5.41, 5.74) is 24.6. The zero-order valence-corrected chi connectivity index (χ0v) is 39.5. The average molecular weight is 899 g/mol. The Morgan fingerprint density at radius 3 is 2.16 bits per heavy atom. The molecule has 6 heteroatoms. The summed E-state index contributed by atoms with van der Waals surface area (Å²) < 4.78 is 5.17. The molecule has 4 nitrogen and oxygen atoms in total. The first-order chi connectivity index (χ1) is 33.8. The normalized spacial score (nSPS) is 15.6. The van der Waals surface area contributed by atoms with Crippen molar-refractivity contribution in [2.45, 2.75) is 39.0 Å². The maximum Gasteiger partial charge on any atom is 0.264 e. The van der Waals surface area contributed by atoms with E-state index in [4.69, 9.17) is 6.57 Å². The molecule has 15 rings (SSSR count). The van der Waals surface area contributed by atoms with Gasteiger partial charge in [-0.15, -0.1) is 11.3 Å². The molecule has 1 unspecified atom stereocenters. The van der Waals surface area contributed by atoms with Crippen LogP contribution in [-0.2, 0) is 5.41 Å². The minimum absolute atomic E-state index is 0.0313. The molecule has 0 saturated heterocycles. The first-order valence-electron chi connectivity index (χ1n) is 24.1. The molecule has 0 N–H and O–H groups in total. The number of anilines is 6. The van der Waals surface area contributed by atoms with E-state index < -0.39 is 5.41 Å². The quantitative estimate of drug-likeness (QED) is 0.130. The summed E-state index contributed by atoms with van der Waals surface area (Å²) in [6.45, 7) is 17.5. The average Bonchev–Trinajstić information content (AvgIpc) is 4.03. The van der Waals surface area contributed by atoms with Crippen molar-refractivity contribution in [3.05, 3.63) is 232 Å². The first-order valence-corrected chi connectivity index (χ1v) is 24.9. The highest BCUT2D eigenvalue weighted by Gasteiger charge is 2.53. The number of para-hydroxylation sites is 3. The fourth-order valence-corrected chi connectivity index (χ4v) is 14.4. The van der Waals surface area contributed by atoms with Crippen LogP contribution in [0.15, 0.2) is 182 Å². The van der Waals surface area contributed by atoms with Crippen LogP contribution in [0.3, 0.4) is 0 Å². The van der Waals surface area contributed by atoms with E-state index in [1.165, 1.54) is 121 Å². The smallest absolute Gasteiger partial charge is 0.264 e. The van der Waals surface area contributed by atoms with E-state index in [1.807, 2.05) is 17.4 Å². The van der Waals surface area contributed by atoms with Crippen molar-refractivity contribution in [2.75, 3.05) is 9.80 Å². The van der Waals surface area contributed by atoms with E-state index in [-0.39, 0.29) is 6.71 Å². The van der Waals surface area contributed by atoms with Gasteiger partial charge in [0.25, 0.3) is 6.71 Å². The van der Waals surface area contributed by atoms with Gasteiger partial charge in [-0.05, 0) is 136 Å². The van der Waals surface area contributed by atoms with Gasteiger partial charge in [-0.1, -0.05) is 135 Å². The lowest BCUT2D eigenvalue weighted by Crippen LogP contribution is -2.60. The zero-order valence-electron chi connectivity index (χ0n) is 38.7. The number of benzene rings is 9. The van der Waals surface area contributed by atoms with Crippen LogP contribution in [0.2, 0.25) is 0 Å². The number of thiophene rings is 1. The molecule has 0 saturated carbocycles. The van der Waals surface area contributed by atoms with Gasteiger partial charge >= 0.3 is 0 Å². The molecule has 0 fully saturated rings. The summed E-state index contributed by atoms with van der Waals surface area (Å²) >= 11 is 1.96. The monoisotopic (exact) mass is 898 g/mol.